The highest BCUT2D eigenvalue weighted by Gasteiger charge is 2.14. The molecule has 4 rings (SSSR count). The normalized spacial score (nSPS) is 11.1. The molecule has 9 heteroatoms. The van der Waals surface area contributed by atoms with Crippen LogP contribution in [0.1, 0.15) is 12.5 Å². The quantitative estimate of drug-likeness (QED) is 0.174. The van der Waals surface area contributed by atoms with Crippen molar-refractivity contribution in [1.82, 2.24) is 15.0 Å². The molecule has 0 fully saturated rings. The Bertz CT molecular complexity index is 1400. The molecule has 1 amide bonds. The third-order valence-electron chi connectivity index (χ3n) is 4.81. The van der Waals surface area contributed by atoms with Crippen molar-refractivity contribution >= 4 is 34.8 Å². The molecule has 0 aliphatic heterocycles. The molecular formula is C25H22N4O4S. The van der Waals surface area contributed by atoms with Crippen LogP contribution < -0.4 is 15.7 Å². The number of hydrazone groups is 1. The molecule has 8 nitrogen and oxygen atoms in total. The summed E-state index contributed by atoms with van der Waals surface area (Å²) in [7, 11) is 0. The number of benzene rings is 3. The van der Waals surface area contributed by atoms with E-state index in [1.165, 1.54) is 10.8 Å². The van der Waals surface area contributed by atoms with Gasteiger partial charge in [-0.1, -0.05) is 48.2 Å². The maximum atomic E-state index is 13.2. The molecule has 0 radical (unpaired) electrons. The zero-order chi connectivity index (χ0) is 23.9. The molecule has 3 aromatic carbocycles. The Hall–Kier alpha value is -4.11. The van der Waals surface area contributed by atoms with Gasteiger partial charge in [-0.3, -0.25) is 14.2 Å². The van der Waals surface area contributed by atoms with Gasteiger partial charge in [0, 0.05) is 5.56 Å². The van der Waals surface area contributed by atoms with Gasteiger partial charge in [-0.15, -0.1) is 0 Å². The van der Waals surface area contributed by atoms with Crippen molar-refractivity contribution in [2.45, 2.75) is 12.1 Å². The van der Waals surface area contributed by atoms with Crippen LogP contribution in [0.3, 0.4) is 0 Å². The number of carbonyl (C=O) groups is 1. The van der Waals surface area contributed by atoms with E-state index in [-0.39, 0.29) is 23.0 Å². The Balaban J connectivity index is 1.51. The summed E-state index contributed by atoms with van der Waals surface area (Å²) in [5, 5.41) is 15.0. The molecule has 0 aliphatic rings. The van der Waals surface area contributed by atoms with Crippen molar-refractivity contribution < 1.29 is 14.6 Å². The minimum Gasteiger partial charge on any atom is -0.504 e. The first-order valence-corrected chi connectivity index (χ1v) is 11.5. The summed E-state index contributed by atoms with van der Waals surface area (Å²) in [5.41, 5.74) is 3.86. The molecule has 172 valence electrons. The van der Waals surface area contributed by atoms with Crippen LogP contribution in [-0.4, -0.2) is 39.1 Å². The molecular weight excluding hydrogens is 452 g/mol. The average Bonchev–Trinajstić information content (AvgIpc) is 2.86. The van der Waals surface area contributed by atoms with Crippen molar-refractivity contribution in [2.75, 3.05) is 12.4 Å². The number of nitrogens with one attached hydrogen (secondary N) is 1. The van der Waals surface area contributed by atoms with Crippen LogP contribution in [0.25, 0.3) is 16.6 Å². The largest absolute Gasteiger partial charge is 0.504 e. The monoisotopic (exact) mass is 474 g/mol. The lowest BCUT2D eigenvalue weighted by molar-refractivity contribution is -0.118. The fourth-order valence-electron chi connectivity index (χ4n) is 3.27. The van der Waals surface area contributed by atoms with Crippen molar-refractivity contribution in [3.05, 3.63) is 88.7 Å². The topological polar surface area (TPSA) is 106 Å². The number of para-hydroxylation sites is 3. The molecule has 0 saturated heterocycles. The number of aromatic nitrogens is 2. The second-order valence-corrected chi connectivity index (χ2v) is 8.04. The van der Waals surface area contributed by atoms with Gasteiger partial charge in [0.1, 0.15) is 0 Å². The molecule has 0 bridgehead atoms. The average molecular weight is 475 g/mol. The van der Waals surface area contributed by atoms with Gasteiger partial charge in [-0.2, -0.15) is 5.10 Å². The van der Waals surface area contributed by atoms with Crippen LogP contribution in [0.5, 0.6) is 11.5 Å². The first kappa shape index (κ1) is 23.1. The number of phenols is 1. The van der Waals surface area contributed by atoms with Gasteiger partial charge in [-0.25, -0.2) is 10.4 Å². The fraction of sp³-hybridized carbons (Fsp3) is 0.120. The van der Waals surface area contributed by atoms with Crippen LogP contribution >= 0.6 is 11.8 Å². The number of aromatic hydroxyl groups is 1. The molecule has 0 unspecified atom stereocenters. The molecule has 2 N–H and O–H groups in total. The highest BCUT2D eigenvalue weighted by molar-refractivity contribution is 7.99. The minimum absolute atomic E-state index is 0.0140. The fourth-order valence-corrected chi connectivity index (χ4v) is 4.07. The Morgan fingerprint density at radius 1 is 1.12 bits per heavy atom. The SMILES string of the molecule is CCOc1cccc(C=NNC(=O)CSc2nc3ccccc3c(=O)n2-c2ccccc2)c1O. The molecule has 4 aromatic rings. The minimum atomic E-state index is -0.385. The predicted molar refractivity (Wildman–Crippen MR) is 133 cm³/mol. The number of thioether (sulfide) groups is 1. The van der Waals surface area contributed by atoms with Crippen molar-refractivity contribution in [3.8, 4) is 17.2 Å². The smallest absolute Gasteiger partial charge is 0.266 e. The number of carbonyl (C=O) groups excluding carboxylic acids is 1. The van der Waals surface area contributed by atoms with Gasteiger partial charge in [0.2, 0.25) is 0 Å². The lowest BCUT2D eigenvalue weighted by Crippen LogP contribution is -2.24. The van der Waals surface area contributed by atoms with Gasteiger partial charge in [-0.05, 0) is 43.3 Å². The lowest BCUT2D eigenvalue weighted by atomic mass is 10.2. The standard InChI is InChI=1S/C25H22N4O4S/c1-2-33-21-14-8-9-17(23(21)31)15-26-28-22(30)16-34-25-27-20-13-7-6-12-19(20)24(32)29(25)18-10-4-3-5-11-18/h3-15,31H,2,16H2,1H3,(H,28,30). The molecule has 0 aliphatic carbocycles. The maximum Gasteiger partial charge on any atom is 0.266 e. The number of ether oxygens (including phenoxy) is 1. The molecule has 1 heterocycles. The van der Waals surface area contributed by atoms with Gasteiger partial charge < -0.3 is 9.84 Å². The Morgan fingerprint density at radius 3 is 2.68 bits per heavy atom. The molecule has 0 atom stereocenters. The third-order valence-corrected chi connectivity index (χ3v) is 5.75. The van der Waals surface area contributed by atoms with Gasteiger partial charge >= 0.3 is 0 Å². The number of phenolic OH excluding ortho intramolecular Hbond substituents is 1. The summed E-state index contributed by atoms with van der Waals surface area (Å²) < 4.78 is 6.84. The molecule has 0 saturated carbocycles. The second-order valence-electron chi connectivity index (χ2n) is 7.10. The summed E-state index contributed by atoms with van der Waals surface area (Å²) in [6, 6.07) is 21.3. The lowest BCUT2D eigenvalue weighted by Gasteiger charge is -2.12. The van der Waals surface area contributed by atoms with E-state index in [2.05, 4.69) is 15.5 Å². The summed E-state index contributed by atoms with van der Waals surface area (Å²) in [4.78, 5) is 30.2. The van der Waals surface area contributed by atoms with E-state index < -0.39 is 0 Å². The van der Waals surface area contributed by atoms with E-state index >= 15 is 0 Å². The van der Waals surface area contributed by atoms with Gasteiger partial charge in [0.05, 0.1) is 35.2 Å². The van der Waals surface area contributed by atoms with Crippen LogP contribution in [0.2, 0.25) is 0 Å². The first-order valence-electron chi connectivity index (χ1n) is 10.5. The Kier molecular flexibility index (Phi) is 7.24. The van der Waals surface area contributed by atoms with Crippen molar-refractivity contribution in [3.63, 3.8) is 0 Å². The zero-order valence-corrected chi connectivity index (χ0v) is 19.2. The van der Waals surface area contributed by atoms with E-state index in [1.54, 1.807) is 36.4 Å². The predicted octanol–water partition coefficient (Wildman–Crippen LogP) is 3.73. The van der Waals surface area contributed by atoms with Crippen LogP contribution in [0, 0.1) is 0 Å². The highest BCUT2D eigenvalue weighted by Crippen LogP contribution is 2.28. The molecule has 1 aromatic heterocycles. The van der Waals surface area contributed by atoms with E-state index in [0.717, 1.165) is 11.8 Å². The van der Waals surface area contributed by atoms with Gasteiger partial charge in [0.25, 0.3) is 11.5 Å². The number of nitrogens with zero attached hydrogens (tertiary/aromatic N) is 3. The molecule has 34 heavy (non-hydrogen) atoms. The number of hydrogen-bond acceptors (Lipinski definition) is 7. The molecule has 0 spiro atoms. The Morgan fingerprint density at radius 2 is 1.88 bits per heavy atom. The number of fused-ring (bicyclic) bond motifs is 1. The number of hydrogen-bond donors (Lipinski definition) is 2. The van der Waals surface area contributed by atoms with E-state index in [4.69, 9.17) is 4.74 Å². The van der Waals surface area contributed by atoms with Crippen molar-refractivity contribution in [2.24, 2.45) is 5.10 Å². The maximum absolute atomic E-state index is 13.2. The van der Waals surface area contributed by atoms with Crippen LogP contribution in [0.4, 0.5) is 0 Å². The zero-order valence-electron chi connectivity index (χ0n) is 18.3. The third kappa shape index (κ3) is 5.10. The van der Waals surface area contributed by atoms with Crippen molar-refractivity contribution in [1.29, 1.82) is 0 Å². The van der Waals surface area contributed by atoms with E-state index in [9.17, 15) is 14.7 Å². The summed E-state index contributed by atoms with van der Waals surface area (Å²) in [6.45, 7) is 2.23. The number of amides is 1. The summed E-state index contributed by atoms with van der Waals surface area (Å²) in [6.07, 6.45) is 1.34. The highest BCUT2D eigenvalue weighted by atomic mass is 32.2. The second kappa shape index (κ2) is 10.7. The Labute approximate surface area is 199 Å². The van der Waals surface area contributed by atoms with E-state index in [0.29, 0.717) is 39.7 Å². The van der Waals surface area contributed by atoms with Crippen LogP contribution in [0.15, 0.2) is 87.8 Å². The summed E-state index contributed by atoms with van der Waals surface area (Å²) >= 11 is 1.13. The summed E-state index contributed by atoms with van der Waals surface area (Å²) in [5.74, 6) is -0.109. The van der Waals surface area contributed by atoms with E-state index in [1.807, 2.05) is 43.3 Å². The first-order chi connectivity index (χ1) is 16.6. The number of rotatable bonds is 8. The van der Waals surface area contributed by atoms with Crippen LogP contribution in [-0.2, 0) is 4.79 Å². The van der Waals surface area contributed by atoms with Gasteiger partial charge in [0.15, 0.2) is 16.7 Å².